The summed E-state index contributed by atoms with van der Waals surface area (Å²) in [5.41, 5.74) is 6.14. The summed E-state index contributed by atoms with van der Waals surface area (Å²) in [6.45, 7) is 1.18. The van der Waals surface area contributed by atoms with E-state index >= 15 is 0 Å². The number of benzene rings is 3. The lowest BCUT2D eigenvalue weighted by Gasteiger charge is -2.25. The minimum atomic E-state index is -1.53. The monoisotopic (exact) mass is 687 g/mol. The second-order valence-corrected chi connectivity index (χ2v) is 12.5. The molecule has 3 aromatic carbocycles. The van der Waals surface area contributed by atoms with E-state index in [0.717, 1.165) is 21.8 Å². The Balaban J connectivity index is 1.39. The van der Waals surface area contributed by atoms with Crippen LogP contribution in [0.25, 0.3) is 17.3 Å². The molecule has 0 saturated carbocycles. The van der Waals surface area contributed by atoms with E-state index in [4.69, 9.17) is 4.84 Å². The highest BCUT2D eigenvalue weighted by Crippen LogP contribution is 2.19. The number of hydroxylamine groups is 2. The summed E-state index contributed by atoms with van der Waals surface area (Å²) in [7, 11) is 0. The molecule has 0 saturated heterocycles. The first-order chi connectivity index (χ1) is 23.5. The van der Waals surface area contributed by atoms with Crippen LogP contribution in [0.2, 0.25) is 0 Å². The van der Waals surface area contributed by atoms with Crippen LogP contribution in [0.5, 0.6) is 0 Å². The van der Waals surface area contributed by atoms with Crippen molar-refractivity contribution in [2.75, 3.05) is 18.2 Å². The quantitative estimate of drug-likeness (QED) is 0.0735. The molecule has 1 heterocycles. The van der Waals surface area contributed by atoms with Crippen molar-refractivity contribution in [3.05, 3.63) is 114 Å². The van der Waals surface area contributed by atoms with Crippen LogP contribution < -0.4 is 10.7 Å². The molecule has 13 nitrogen and oxygen atoms in total. The second kappa shape index (κ2) is 17.8. The van der Waals surface area contributed by atoms with Crippen LogP contribution in [-0.4, -0.2) is 78.6 Å². The number of carboxylic acid groups (broad SMARTS) is 1. The van der Waals surface area contributed by atoms with Crippen molar-refractivity contribution in [3.63, 3.8) is 0 Å². The molecule has 0 spiro atoms. The van der Waals surface area contributed by atoms with Crippen molar-refractivity contribution in [3.8, 4) is 11.3 Å². The van der Waals surface area contributed by atoms with Gasteiger partial charge in [-0.15, -0.1) is 0 Å². The van der Waals surface area contributed by atoms with Gasteiger partial charge in [-0.25, -0.2) is 19.5 Å². The fraction of sp³-hybridized carbons (Fsp3) is 0.229. The fourth-order valence-corrected chi connectivity index (χ4v) is 5.16. The molecule has 1 aromatic heterocycles. The lowest BCUT2D eigenvalue weighted by atomic mass is 10.0. The smallest absolute Gasteiger partial charge is 0.328 e. The van der Waals surface area contributed by atoms with Gasteiger partial charge in [0.2, 0.25) is 12.3 Å². The first-order valence-corrected chi connectivity index (χ1v) is 16.8. The summed E-state index contributed by atoms with van der Waals surface area (Å²) in [5.74, 6) is -3.31. The van der Waals surface area contributed by atoms with Crippen LogP contribution in [0, 0.1) is 5.92 Å². The number of aliphatic hydroxyl groups excluding tert-OH is 1. The molecular weight excluding hydrogens is 650 g/mol. The van der Waals surface area contributed by atoms with Crippen LogP contribution in [0.3, 0.4) is 0 Å². The standard InChI is InChI=1S/C35H37N5O8S/c1-24(42)32(35(45)46)37-33(43)29(19-40(23-41)48-21-26-7-4-3-5-8-26)10-6-9-25-11-13-27(14-12-25)31-20-39(22-36-31)38-34(44)28-15-17-30(18-16-28)49(2)47/h3-9,11-18,20,22-24,29,32,42H,10,19,21H2,1-2H3,(H,37,43)(H,38,44)(H,45,46)/t24-,29?,32-,49?/m1/s1. The molecule has 0 aliphatic rings. The van der Waals surface area contributed by atoms with Gasteiger partial charge in [0.05, 0.1) is 30.5 Å². The Kier molecular flexibility index (Phi) is 13.2. The Hall–Kier alpha value is -5.28. The number of carbonyl (C=O) groups is 4. The third-order valence-electron chi connectivity index (χ3n) is 7.37. The summed E-state index contributed by atoms with van der Waals surface area (Å²) in [6, 6.07) is 21.5. The third kappa shape index (κ3) is 10.9. The van der Waals surface area contributed by atoms with Crippen LogP contribution in [0.1, 0.15) is 34.8 Å². The van der Waals surface area contributed by atoms with Gasteiger partial charge in [-0.05, 0) is 59.9 Å². The molecule has 0 bridgehead atoms. The van der Waals surface area contributed by atoms with Crippen LogP contribution in [-0.2, 0) is 37.0 Å². The van der Waals surface area contributed by atoms with Crippen molar-refractivity contribution in [2.24, 2.45) is 5.92 Å². The molecule has 0 fully saturated rings. The molecule has 4 aromatic rings. The van der Waals surface area contributed by atoms with Gasteiger partial charge in [0.15, 0.2) is 10.9 Å². The highest BCUT2D eigenvalue weighted by Gasteiger charge is 2.29. The van der Waals surface area contributed by atoms with Crippen molar-refractivity contribution in [1.29, 1.82) is 0 Å². The average Bonchev–Trinajstić information content (AvgIpc) is 3.56. The normalized spacial score (nSPS) is 13.6. The number of carboxylic acids is 1. The summed E-state index contributed by atoms with van der Waals surface area (Å²) < 4.78 is 13.0. The van der Waals surface area contributed by atoms with E-state index < -0.39 is 41.1 Å². The molecule has 2 unspecified atom stereocenters. The van der Waals surface area contributed by atoms with Crippen molar-refractivity contribution in [1.82, 2.24) is 20.0 Å². The maximum absolute atomic E-state index is 13.2. The maximum Gasteiger partial charge on any atom is 0.328 e. The number of aliphatic carboxylic acids is 1. The van der Waals surface area contributed by atoms with E-state index in [9.17, 15) is 33.9 Å². The number of hydrogen-bond acceptors (Lipinski definition) is 8. The highest BCUT2D eigenvalue weighted by molar-refractivity contribution is 7.90. The van der Waals surface area contributed by atoms with E-state index in [1.807, 2.05) is 54.6 Å². The topological polar surface area (TPSA) is 186 Å². The Morgan fingerprint density at radius 3 is 2.37 bits per heavy atom. The molecule has 0 aliphatic heterocycles. The number of aromatic nitrogens is 2. The average molecular weight is 688 g/mol. The lowest BCUT2D eigenvalue weighted by molar-refractivity contribution is -0.182. The zero-order chi connectivity index (χ0) is 35.3. The van der Waals surface area contributed by atoms with Crippen LogP contribution in [0.15, 0.2) is 102 Å². The predicted molar refractivity (Wildman–Crippen MR) is 183 cm³/mol. The Morgan fingerprint density at radius 1 is 1.06 bits per heavy atom. The van der Waals surface area contributed by atoms with E-state index in [0.29, 0.717) is 22.6 Å². The summed E-state index contributed by atoms with van der Waals surface area (Å²) >= 11 is -1.14. The van der Waals surface area contributed by atoms with Gasteiger partial charge < -0.3 is 20.1 Å². The SMILES string of the molecule is C[C@@H](O)[C@@H](NC(=O)C(CC=Cc1ccc(-c2cn(NC(=O)c3ccc([S+](C)[O-])cc3)cn2)cc1)CN(C=O)OCc1ccccc1)C(=O)O. The van der Waals surface area contributed by atoms with Crippen molar-refractivity contribution >= 4 is 41.4 Å². The summed E-state index contributed by atoms with van der Waals surface area (Å²) in [5, 5.41) is 22.6. The predicted octanol–water partition coefficient (Wildman–Crippen LogP) is 3.23. The molecule has 0 aliphatic carbocycles. The molecular formula is C35H37N5O8S. The number of imidazole rings is 1. The summed E-state index contributed by atoms with van der Waals surface area (Å²) in [4.78, 5) is 59.7. The van der Waals surface area contributed by atoms with Gasteiger partial charge in [0.25, 0.3) is 5.91 Å². The van der Waals surface area contributed by atoms with Gasteiger partial charge in [-0.2, -0.15) is 0 Å². The van der Waals surface area contributed by atoms with Gasteiger partial charge in [-0.1, -0.05) is 66.7 Å². The van der Waals surface area contributed by atoms with Crippen LogP contribution in [0.4, 0.5) is 0 Å². The molecule has 256 valence electrons. The molecule has 14 heteroatoms. The number of nitrogens with one attached hydrogen (secondary N) is 2. The molecule has 3 amide bonds. The largest absolute Gasteiger partial charge is 0.612 e. The minimum Gasteiger partial charge on any atom is -0.612 e. The van der Waals surface area contributed by atoms with E-state index in [1.54, 1.807) is 48.9 Å². The Morgan fingerprint density at radius 2 is 1.76 bits per heavy atom. The molecule has 4 N–H and O–H groups in total. The van der Waals surface area contributed by atoms with Crippen molar-refractivity contribution in [2.45, 2.75) is 37.0 Å². The van der Waals surface area contributed by atoms with E-state index in [2.05, 4.69) is 15.7 Å². The zero-order valence-corrected chi connectivity index (χ0v) is 27.7. The van der Waals surface area contributed by atoms with Crippen molar-refractivity contribution < 1.29 is 38.8 Å². The Bertz CT molecular complexity index is 1730. The molecule has 4 rings (SSSR count). The number of rotatable bonds is 17. The lowest BCUT2D eigenvalue weighted by Crippen LogP contribution is -2.50. The van der Waals surface area contributed by atoms with Gasteiger partial charge in [0.1, 0.15) is 19.2 Å². The van der Waals surface area contributed by atoms with E-state index in [-0.39, 0.29) is 25.5 Å². The third-order valence-corrected chi connectivity index (χ3v) is 8.31. The number of amides is 3. The first kappa shape index (κ1) is 36.6. The number of carbonyl (C=O) groups excluding carboxylic acids is 3. The first-order valence-electron chi connectivity index (χ1n) is 15.2. The molecule has 0 radical (unpaired) electrons. The fourth-order valence-electron chi connectivity index (χ4n) is 4.65. The number of nitrogens with zero attached hydrogens (tertiary/aromatic N) is 3. The van der Waals surface area contributed by atoms with Gasteiger partial charge in [-0.3, -0.25) is 24.6 Å². The second-order valence-electron chi connectivity index (χ2n) is 11.1. The van der Waals surface area contributed by atoms with Crippen LogP contribution >= 0.6 is 0 Å². The Labute approximate surface area is 286 Å². The van der Waals surface area contributed by atoms with E-state index in [1.165, 1.54) is 17.9 Å². The van der Waals surface area contributed by atoms with Gasteiger partial charge in [0, 0.05) is 11.1 Å². The number of allylic oxidation sites excluding steroid dienone is 1. The van der Waals surface area contributed by atoms with Gasteiger partial charge >= 0.3 is 5.97 Å². The summed E-state index contributed by atoms with van der Waals surface area (Å²) in [6.07, 6.45) is 7.45. The molecule has 49 heavy (non-hydrogen) atoms. The molecule has 4 atom stereocenters. The zero-order valence-electron chi connectivity index (χ0n) is 26.8. The number of aliphatic hydroxyl groups is 1. The number of hydrogen-bond donors (Lipinski definition) is 4. The maximum atomic E-state index is 13.2. The minimum absolute atomic E-state index is 0.0864. The highest BCUT2D eigenvalue weighted by atomic mass is 32.2.